The van der Waals surface area contributed by atoms with Crippen LogP contribution in [-0.4, -0.2) is 30.4 Å². The molecule has 0 aliphatic carbocycles. The highest BCUT2D eigenvalue weighted by molar-refractivity contribution is 6.32. The molecule has 17 heavy (non-hydrogen) atoms. The SMILES string of the molecule is COc1cc(C(O)C(=O)O)c(F)c(Cl)c1OC. The lowest BCUT2D eigenvalue weighted by atomic mass is 10.1. The molecule has 0 aliphatic rings. The molecule has 94 valence electrons. The number of hydrogen-bond acceptors (Lipinski definition) is 4. The lowest BCUT2D eigenvalue weighted by Crippen LogP contribution is -2.13. The number of aliphatic hydroxyl groups excluding tert-OH is 1. The average Bonchev–Trinajstić information content (AvgIpc) is 2.31. The number of carbonyl (C=O) groups is 1. The van der Waals surface area contributed by atoms with Gasteiger partial charge >= 0.3 is 5.97 Å². The number of halogens is 2. The van der Waals surface area contributed by atoms with E-state index in [0.717, 1.165) is 6.07 Å². The van der Waals surface area contributed by atoms with Gasteiger partial charge in [0.2, 0.25) is 0 Å². The third-order valence-electron chi connectivity index (χ3n) is 2.11. The maximum absolute atomic E-state index is 13.7. The van der Waals surface area contributed by atoms with Crippen LogP contribution in [0.4, 0.5) is 4.39 Å². The van der Waals surface area contributed by atoms with Crippen molar-refractivity contribution in [2.75, 3.05) is 14.2 Å². The van der Waals surface area contributed by atoms with Gasteiger partial charge in [-0.05, 0) is 6.07 Å². The summed E-state index contributed by atoms with van der Waals surface area (Å²) in [6.07, 6.45) is -2.02. The molecule has 7 heteroatoms. The van der Waals surface area contributed by atoms with E-state index >= 15 is 0 Å². The van der Waals surface area contributed by atoms with Crippen LogP contribution >= 0.6 is 11.6 Å². The van der Waals surface area contributed by atoms with Crippen molar-refractivity contribution >= 4 is 17.6 Å². The Labute approximate surface area is 101 Å². The molecule has 1 unspecified atom stereocenters. The first-order chi connectivity index (χ1) is 7.93. The van der Waals surface area contributed by atoms with Crippen LogP contribution in [0.3, 0.4) is 0 Å². The molecule has 1 aromatic carbocycles. The third kappa shape index (κ3) is 2.42. The van der Waals surface area contributed by atoms with Crippen molar-refractivity contribution in [3.8, 4) is 11.5 Å². The minimum atomic E-state index is -2.02. The molecule has 0 aromatic heterocycles. The molecule has 0 radical (unpaired) electrons. The molecule has 1 aromatic rings. The molecule has 0 amide bonds. The molecule has 0 bridgehead atoms. The van der Waals surface area contributed by atoms with Crippen LogP contribution < -0.4 is 9.47 Å². The van der Waals surface area contributed by atoms with E-state index in [1.807, 2.05) is 0 Å². The highest BCUT2D eigenvalue weighted by Gasteiger charge is 2.26. The van der Waals surface area contributed by atoms with Crippen LogP contribution in [-0.2, 0) is 4.79 Å². The monoisotopic (exact) mass is 264 g/mol. The Balaban J connectivity index is 3.44. The number of aliphatic hydroxyl groups is 1. The molecule has 5 nitrogen and oxygen atoms in total. The summed E-state index contributed by atoms with van der Waals surface area (Å²) in [5, 5.41) is 17.5. The van der Waals surface area contributed by atoms with Crippen LogP contribution in [0, 0.1) is 5.82 Å². The molecule has 0 saturated heterocycles. The van der Waals surface area contributed by atoms with Gasteiger partial charge in [0.1, 0.15) is 5.02 Å². The molecule has 0 saturated carbocycles. The van der Waals surface area contributed by atoms with Gasteiger partial charge in [-0.15, -0.1) is 0 Å². The van der Waals surface area contributed by atoms with Gasteiger partial charge in [-0.2, -0.15) is 0 Å². The fourth-order valence-electron chi connectivity index (χ4n) is 1.28. The van der Waals surface area contributed by atoms with Crippen LogP contribution in [0.2, 0.25) is 5.02 Å². The number of benzene rings is 1. The minimum absolute atomic E-state index is 0.0363. The molecule has 0 aliphatic heterocycles. The van der Waals surface area contributed by atoms with E-state index in [0.29, 0.717) is 0 Å². The molecular formula is C10H10ClFO5. The summed E-state index contributed by atoms with van der Waals surface area (Å²) in [7, 11) is 2.54. The second-order valence-corrected chi connectivity index (χ2v) is 3.45. The lowest BCUT2D eigenvalue weighted by Gasteiger charge is -2.14. The van der Waals surface area contributed by atoms with Crippen molar-refractivity contribution in [2.24, 2.45) is 0 Å². The minimum Gasteiger partial charge on any atom is -0.493 e. The maximum Gasteiger partial charge on any atom is 0.337 e. The Bertz CT molecular complexity index is 449. The van der Waals surface area contributed by atoms with E-state index in [1.165, 1.54) is 14.2 Å². The summed E-state index contributed by atoms with van der Waals surface area (Å²) in [4.78, 5) is 10.6. The number of aliphatic carboxylic acids is 1. The van der Waals surface area contributed by atoms with E-state index < -0.39 is 28.5 Å². The first-order valence-corrected chi connectivity index (χ1v) is 4.82. The van der Waals surface area contributed by atoms with Gasteiger partial charge in [-0.1, -0.05) is 11.6 Å². The summed E-state index contributed by atoms with van der Waals surface area (Å²) >= 11 is 5.65. The quantitative estimate of drug-likeness (QED) is 0.864. The Morgan fingerprint density at radius 1 is 1.47 bits per heavy atom. The molecule has 2 N–H and O–H groups in total. The van der Waals surface area contributed by atoms with Gasteiger partial charge in [-0.3, -0.25) is 0 Å². The molecule has 0 fully saturated rings. The summed E-state index contributed by atoms with van der Waals surface area (Å²) in [5.74, 6) is -2.67. The zero-order chi connectivity index (χ0) is 13.2. The van der Waals surface area contributed by atoms with Gasteiger partial charge in [0, 0.05) is 5.56 Å². The predicted octanol–water partition coefficient (Wildman–Crippen LogP) is 1.61. The first-order valence-electron chi connectivity index (χ1n) is 4.44. The highest BCUT2D eigenvalue weighted by atomic mass is 35.5. The number of ether oxygens (including phenoxy) is 2. The summed E-state index contributed by atoms with van der Waals surface area (Å²) in [6, 6.07) is 1.03. The summed E-state index contributed by atoms with van der Waals surface area (Å²) in [5.41, 5.74) is -0.486. The molecule has 0 heterocycles. The van der Waals surface area contributed by atoms with E-state index in [4.69, 9.17) is 26.2 Å². The van der Waals surface area contributed by atoms with Crippen LogP contribution in [0.1, 0.15) is 11.7 Å². The number of hydrogen-bond donors (Lipinski definition) is 2. The van der Waals surface area contributed by atoms with Crippen LogP contribution in [0.5, 0.6) is 11.5 Å². The largest absolute Gasteiger partial charge is 0.493 e. The van der Waals surface area contributed by atoms with Crippen molar-refractivity contribution in [3.05, 3.63) is 22.5 Å². The van der Waals surface area contributed by atoms with Gasteiger partial charge in [0.05, 0.1) is 14.2 Å². The fourth-order valence-corrected chi connectivity index (χ4v) is 1.56. The Morgan fingerprint density at radius 3 is 2.47 bits per heavy atom. The Hall–Kier alpha value is -1.53. The van der Waals surface area contributed by atoms with Gasteiger partial charge in [0.15, 0.2) is 23.4 Å². The predicted molar refractivity (Wildman–Crippen MR) is 57.1 cm³/mol. The topological polar surface area (TPSA) is 76.0 Å². The van der Waals surface area contributed by atoms with Crippen LogP contribution in [0.25, 0.3) is 0 Å². The van der Waals surface area contributed by atoms with E-state index in [9.17, 15) is 14.3 Å². The summed E-state index contributed by atoms with van der Waals surface area (Å²) < 4.78 is 23.4. The van der Waals surface area contributed by atoms with E-state index in [-0.39, 0.29) is 11.5 Å². The van der Waals surface area contributed by atoms with Crippen molar-refractivity contribution < 1.29 is 28.9 Å². The normalized spacial score (nSPS) is 12.1. The molecular weight excluding hydrogens is 255 g/mol. The molecule has 1 rings (SSSR count). The molecule has 0 spiro atoms. The number of methoxy groups -OCH3 is 2. The van der Waals surface area contributed by atoms with Gasteiger partial charge in [-0.25, -0.2) is 9.18 Å². The van der Waals surface area contributed by atoms with Crippen molar-refractivity contribution in [2.45, 2.75) is 6.10 Å². The van der Waals surface area contributed by atoms with Gasteiger partial charge in [0.25, 0.3) is 0 Å². The fraction of sp³-hybridized carbons (Fsp3) is 0.300. The zero-order valence-electron chi connectivity index (χ0n) is 9.03. The van der Waals surface area contributed by atoms with E-state index in [1.54, 1.807) is 0 Å². The standard InChI is InChI=1S/C10H10ClFO5/c1-16-5-3-4(8(13)10(14)15)7(12)6(11)9(5)17-2/h3,8,13H,1-2H3,(H,14,15). The van der Waals surface area contributed by atoms with E-state index in [2.05, 4.69) is 0 Å². The van der Waals surface area contributed by atoms with Gasteiger partial charge < -0.3 is 19.7 Å². The second-order valence-electron chi connectivity index (χ2n) is 3.07. The Morgan fingerprint density at radius 2 is 2.06 bits per heavy atom. The van der Waals surface area contributed by atoms with Crippen molar-refractivity contribution in [3.63, 3.8) is 0 Å². The van der Waals surface area contributed by atoms with Crippen LogP contribution in [0.15, 0.2) is 6.07 Å². The second kappa shape index (κ2) is 5.20. The number of rotatable bonds is 4. The summed E-state index contributed by atoms with van der Waals surface area (Å²) in [6.45, 7) is 0. The highest BCUT2D eigenvalue weighted by Crippen LogP contribution is 2.40. The molecule has 1 atom stereocenters. The number of carboxylic acids is 1. The Kier molecular flexibility index (Phi) is 4.14. The maximum atomic E-state index is 13.7. The third-order valence-corrected chi connectivity index (χ3v) is 2.45. The van der Waals surface area contributed by atoms with Crippen molar-refractivity contribution in [1.82, 2.24) is 0 Å². The number of carboxylic acid groups (broad SMARTS) is 1. The lowest BCUT2D eigenvalue weighted by molar-refractivity contribution is -0.147. The first kappa shape index (κ1) is 13.5. The van der Waals surface area contributed by atoms with Crippen molar-refractivity contribution in [1.29, 1.82) is 0 Å². The average molecular weight is 265 g/mol. The smallest absolute Gasteiger partial charge is 0.337 e. The zero-order valence-corrected chi connectivity index (χ0v) is 9.79.